The van der Waals surface area contributed by atoms with Crippen LogP contribution in [0, 0.1) is 6.92 Å². The molecule has 3 aromatic carbocycles. The van der Waals surface area contributed by atoms with Crippen LogP contribution < -0.4 is 9.62 Å². The van der Waals surface area contributed by atoms with E-state index in [4.69, 9.17) is 23.2 Å². The highest BCUT2D eigenvalue weighted by Crippen LogP contribution is 2.33. The molecule has 0 unspecified atom stereocenters. The van der Waals surface area contributed by atoms with Gasteiger partial charge in [0.15, 0.2) is 0 Å². The average molecular weight is 505 g/mol. The zero-order chi connectivity index (χ0) is 24.0. The van der Waals surface area contributed by atoms with Crippen molar-refractivity contribution in [3.63, 3.8) is 0 Å². The Kier molecular flexibility index (Phi) is 8.40. The summed E-state index contributed by atoms with van der Waals surface area (Å²) in [7, 11) is -4.07. The van der Waals surface area contributed by atoms with E-state index < -0.39 is 22.5 Å². The topological polar surface area (TPSA) is 66.5 Å². The minimum atomic E-state index is -4.07. The van der Waals surface area contributed by atoms with E-state index in [1.54, 1.807) is 18.2 Å². The second-order valence-electron chi connectivity index (χ2n) is 7.91. The van der Waals surface area contributed by atoms with Gasteiger partial charge in [-0.3, -0.25) is 9.10 Å². The van der Waals surface area contributed by atoms with Gasteiger partial charge < -0.3 is 5.32 Å². The van der Waals surface area contributed by atoms with E-state index in [1.165, 1.54) is 29.8 Å². The van der Waals surface area contributed by atoms with Gasteiger partial charge in [0.2, 0.25) is 5.91 Å². The molecule has 0 fully saturated rings. The number of hydrogen-bond donors (Lipinski definition) is 1. The summed E-state index contributed by atoms with van der Waals surface area (Å²) in [6.07, 6.45) is 1.52. The number of nitrogens with one attached hydrogen (secondary N) is 1. The number of nitrogens with zero attached hydrogens (tertiary/aromatic N) is 1. The Balaban J connectivity index is 1.81. The average Bonchev–Trinajstić information content (AvgIpc) is 2.79. The SMILES string of the molecule is Cc1ccc(S(=O)(=O)N(CC(=O)N[C@@H](C)CCc2ccccc2)c2cc(Cl)ccc2Cl)cc1. The molecule has 5 nitrogen and oxygen atoms in total. The number of sulfonamides is 1. The minimum absolute atomic E-state index is 0.0640. The molecule has 174 valence electrons. The van der Waals surface area contributed by atoms with Crippen LogP contribution in [0.15, 0.2) is 77.7 Å². The van der Waals surface area contributed by atoms with Crippen LogP contribution in [0.5, 0.6) is 0 Å². The van der Waals surface area contributed by atoms with Crippen LogP contribution >= 0.6 is 23.2 Å². The summed E-state index contributed by atoms with van der Waals surface area (Å²) in [4.78, 5) is 12.9. The van der Waals surface area contributed by atoms with E-state index >= 15 is 0 Å². The van der Waals surface area contributed by atoms with Crippen molar-refractivity contribution in [2.45, 2.75) is 37.6 Å². The number of anilines is 1. The molecule has 0 aliphatic carbocycles. The number of benzene rings is 3. The van der Waals surface area contributed by atoms with E-state index in [1.807, 2.05) is 44.2 Å². The number of aryl methyl sites for hydroxylation is 2. The fraction of sp³-hybridized carbons (Fsp3) is 0.240. The highest BCUT2D eigenvalue weighted by Gasteiger charge is 2.29. The lowest BCUT2D eigenvalue weighted by atomic mass is 10.1. The molecule has 0 bridgehead atoms. The summed E-state index contributed by atoms with van der Waals surface area (Å²) in [6.45, 7) is 3.34. The summed E-state index contributed by atoms with van der Waals surface area (Å²) in [5.74, 6) is -0.428. The molecular formula is C25H26Cl2N2O3S. The summed E-state index contributed by atoms with van der Waals surface area (Å²) in [6, 6.07) is 20.8. The molecule has 0 heterocycles. The quantitative estimate of drug-likeness (QED) is 0.410. The third kappa shape index (κ3) is 6.73. The highest BCUT2D eigenvalue weighted by molar-refractivity contribution is 7.92. The molecule has 33 heavy (non-hydrogen) atoms. The smallest absolute Gasteiger partial charge is 0.264 e. The van der Waals surface area contributed by atoms with Crippen LogP contribution in [0.2, 0.25) is 10.0 Å². The van der Waals surface area contributed by atoms with Crippen molar-refractivity contribution in [1.29, 1.82) is 0 Å². The fourth-order valence-corrected chi connectivity index (χ4v) is 5.23. The van der Waals surface area contributed by atoms with Crippen LogP contribution in [0.4, 0.5) is 5.69 Å². The maximum absolute atomic E-state index is 13.5. The minimum Gasteiger partial charge on any atom is -0.352 e. The molecule has 1 atom stereocenters. The maximum Gasteiger partial charge on any atom is 0.264 e. The lowest BCUT2D eigenvalue weighted by Gasteiger charge is -2.26. The Morgan fingerprint density at radius 3 is 2.33 bits per heavy atom. The van der Waals surface area contributed by atoms with Crippen molar-refractivity contribution in [3.8, 4) is 0 Å². The third-order valence-electron chi connectivity index (χ3n) is 5.19. The maximum atomic E-state index is 13.5. The predicted octanol–water partition coefficient (Wildman–Crippen LogP) is 5.63. The van der Waals surface area contributed by atoms with Crippen LogP contribution in [-0.2, 0) is 21.2 Å². The van der Waals surface area contributed by atoms with Gasteiger partial charge >= 0.3 is 0 Å². The number of halogens is 2. The first-order valence-corrected chi connectivity index (χ1v) is 12.7. The van der Waals surface area contributed by atoms with Gasteiger partial charge in [0.05, 0.1) is 15.6 Å². The number of amides is 1. The molecule has 0 aromatic heterocycles. The van der Waals surface area contributed by atoms with Gasteiger partial charge in [-0.05, 0) is 62.6 Å². The van der Waals surface area contributed by atoms with Gasteiger partial charge in [-0.25, -0.2) is 8.42 Å². The van der Waals surface area contributed by atoms with E-state index in [9.17, 15) is 13.2 Å². The van der Waals surface area contributed by atoms with Gasteiger partial charge in [0.1, 0.15) is 6.54 Å². The number of carbonyl (C=O) groups excluding carboxylic acids is 1. The molecule has 0 saturated carbocycles. The van der Waals surface area contributed by atoms with Crippen molar-refractivity contribution in [3.05, 3.63) is 94.0 Å². The van der Waals surface area contributed by atoms with E-state index in [-0.39, 0.29) is 21.6 Å². The Bertz CT molecular complexity index is 1200. The Labute approximate surface area is 205 Å². The monoisotopic (exact) mass is 504 g/mol. The Hall–Kier alpha value is -2.54. The second-order valence-corrected chi connectivity index (χ2v) is 10.6. The van der Waals surface area contributed by atoms with Crippen LogP contribution in [0.1, 0.15) is 24.5 Å². The molecule has 0 spiro atoms. The van der Waals surface area contributed by atoms with Crippen molar-refractivity contribution in [1.82, 2.24) is 5.32 Å². The molecular weight excluding hydrogens is 479 g/mol. The normalized spacial score (nSPS) is 12.2. The summed E-state index contributed by atoms with van der Waals surface area (Å²) < 4.78 is 28.0. The van der Waals surface area contributed by atoms with E-state index in [2.05, 4.69) is 5.32 Å². The van der Waals surface area contributed by atoms with E-state index in [0.29, 0.717) is 5.02 Å². The van der Waals surface area contributed by atoms with Crippen molar-refractivity contribution < 1.29 is 13.2 Å². The van der Waals surface area contributed by atoms with Gasteiger partial charge in [-0.1, -0.05) is 71.2 Å². The fourth-order valence-electron chi connectivity index (χ4n) is 3.36. The zero-order valence-corrected chi connectivity index (χ0v) is 20.8. The lowest BCUT2D eigenvalue weighted by molar-refractivity contribution is -0.120. The summed E-state index contributed by atoms with van der Waals surface area (Å²) in [5, 5.41) is 3.39. The standard InChI is InChI=1S/C25H26Cl2N2O3S/c1-18-8-13-22(14-9-18)33(31,32)29(24-16-21(26)12-15-23(24)27)17-25(30)28-19(2)10-11-20-6-4-3-5-7-20/h3-9,12-16,19H,10-11,17H2,1-2H3,(H,28,30)/t19-/m0/s1. The number of hydrogen-bond acceptors (Lipinski definition) is 3. The Morgan fingerprint density at radius 1 is 1.00 bits per heavy atom. The van der Waals surface area contributed by atoms with E-state index in [0.717, 1.165) is 22.7 Å². The first-order chi connectivity index (χ1) is 15.7. The third-order valence-corrected chi connectivity index (χ3v) is 7.52. The molecule has 1 N–H and O–H groups in total. The molecule has 0 aliphatic rings. The van der Waals surface area contributed by atoms with Crippen LogP contribution in [0.25, 0.3) is 0 Å². The summed E-state index contributed by atoms with van der Waals surface area (Å²) in [5.41, 5.74) is 2.25. The van der Waals surface area contributed by atoms with Crippen molar-refractivity contribution in [2.24, 2.45) is 0 Å². The summed E-state index contributed by atoms with van der Waals surface area (Å²) >= 11 is 12.4. The second kappa shape index (κ2) is 11.1. The lowest BCUT2D eigenvalue weighted by Crippen LogP contribution is -2.43. The van der Waals surface area contributed by atoms with Crippen molar-refractivity contribution >= 4 is 44.8 Å². The van der Waals surface area contributed by atoms with Gasteiger partial charge in [-0.15, -0.1) is 0 Å². The first-order valence-electron chi connectivity index (χ1n) is 10.5. The predicted molar refractivity (Wildman–Crippen MR) is 135 cm³/mol. The molecule has 0 saturated heterocycles. The Morgan fingerprint density at radius 2 is 1.67 bits per heavy atom. The van der Waals surface area contributed by atoms with Crippen LogP contribution in [0.3, 0.4) is 0 Å². The molecule has 3 aromatic rings. The molecule has 0 radical (unpaired) electrons. The van der Waals surface area contributed by atoms with Crippen molar-refractivity contribution in [2.75, 3.05) is 10.8 Å². The van der Waals surface area contributed by atoms with Gasteiger partial charge in [0.25, 0.3) is 10.0 Å². The van der Waals surface area contributed by atoms with Crippen LogP contribution in [-0.4, -0.2) is 26.9 Å². The molecule has 3 rings (SSSR count). The molecule has 8 heteroatoms. The highest BCUT2D eigenvalue weighted by atomic mass is 35.5. The van der Waals surface area contributed by atoms with Gasteiger partial charge in [0, 0.05) is 11.1 Å². The van der Waals surface area contributed by atoms with Gasteiger partial charge in [-0.2, -0.15) is 0 Å². The first kappa shape index (κ1) is 25.1. The molecule has 1 amide bonds. The largest absolute Gasteiger partial charge is 0.352 e. The number of carbonyl (C=O) groups is 1. The number of rotatable bonds is 9. The molecule has 0 aliphatic heterocycles. The zero-order valence-electron chi connectivity index (χ0n) is 18.5.